The molecule has 0 bridgehead atoms. The highest BCUT2D eigenvalue weighted by atomic mass is 15.4. The van der Waals surface area contributed by atoms with Crippen molar-refractivity contribution in [3.63, 3.8) is 0 Å². The van der Waals surface area contributed by atoms with E-state index in [-0.39, 0.29) is 6.04 Å². The van der Waals surface area contributed by atoms with Crippen molar-refractivity contribution in [2.45, 2.75) is 13.0 Å². The second-order valence-corrected chi connectivity index (χ2v) is 7.73. The summed E-state index contributed by atoms with van der Waals surface area (Å²) in [6.45, 7) is 5.94. The normalized spacial score (nSPS) is 15.7. The van der Waals surface area contributed by atoms with Gasteiger partial charge in [-0.2, -0.15) is 0 Å². The van der Waals surface area contributed by atoms with Gasteiger partial charge in [0, 0.05) is 37.9 Å². The minimum atomic E-state index is 0.213. The molecule has 0 amide bonds. The lowest BCUT2D eigenvalue weighted by Crippen LogP contribution is -2.47. The van der Waals surface area contributed by atoms with E-state index in [2.05, 4.69) is 32.0 Å². The Morgan fingerprint density at radius 1 is 0.839 bits per heavy atom. The predicted molar refractivity (Wildman–Crippen MR) is 121 cm³/mol. The number of para-hydroxylation sites is 1. The molecule has 0 spiro atoms. The Labute approximate surface area is 182 Å². The Bertz CT molecular complexity index is 1120. The van der Waals surface area contributed by atoms with Crippen LogP contribution in [-0.2, 0) is 0 Å². The zero-order valence-corrected chi connectivity index (χ0v) is 17.5. The van der Waals surface area contributed by atoms with E-state index in [9.17, 15) is 0 Å². The van der Waals surface area contributed by atoms with Crippen molar-refractivity contribution in [2.75, 3.05) is 31.1 Å². The molecule has 1 atom stereocenters. The first-order chi connectivity index (χ1) is 15.3. The van der Waals surface area contributed by atoms with E-state index < -0.39 is 0 Å². The van der Waals surface area contributed by atoms with E-state index in [1.807, 2.05) is 83.8 Å². The fourth-order valence-corrected chi connectivity index (χ4v) is 3.95. The molecular weight excluding hydrogens is 386 g/mol. The van der Waals surface area contributed by atoms with Gasteiger partial charge < -0.3 is 4.90 Å². The Kier molecular flexibility index (Phi) is 5.41. The summed E-state index contributed by atoms with van der Waals surface area (Å²) in [5, 5.41) is 8.74. The predicted octanol–water partition coefficient (Wildman–Crippen LogP) is 3.61. The van der Waals surface area contributed by atoms with E-state index >= 15 is 0 Å². The summed E-state index contributed by atoms with van der Waals surface area (Å²) >= 11 is 0. The van der Waals surface area contributed by atoms with Gasteiger partial charge in [-0.1, -0.05) is 53.7 Å². The van der Waals surface area contributed by atoms with Crippen molar-refractivity contribution in [1.82, 2.24) is 29.9 Å². The van der Waals surface area contributed by atoms with Crippen molar-refractivity contribution in [3.05, 3.63) is 84.8 Å². The van der Waals surface area contributed by atoms with Crippen molar-refractivity contribution >= 4 is 5.82 Å². The van der Waals surface area contributed by atoms with Crippen LogP contribution in [0.2, 0.25) is 0 Å². The van der Waals surface area contributed by atoms with Crippen molar-refractivity contribution in [2.24, 2.45) is 0 Å². The molecule has 1 fully saturated rings. The quantitative estimate of drug-likeness (QED) is 0.500. The maximum Gasteiger partial charge on any atom is 0.161 e. The van der Waals surface area contributed by atoms with E-state index in [4.69, 9.17) is 4.98 Å². The molecule has 2 aromatic heterocycles. The molecule has 3 heterocycles. The Hall–Kier alpha value is -3.58. The van der Waals surface area contributed by atoms with Gasteiger partial charge in [-0.25, -0.2) is 14.6 Å². The van der Waals surface area contributed by atoms with Crippen LogP contribution in [-0.4, -0.2) is 56.0 Å². The zero-order valence-electron chi connectivity index (χ0n) is 17.5. The Morgan fingerprint density at radius 3 is 2.29 bits per heavy atom. The number of benzene rings is 2. The van der Waals surface area contributed by atoms with Crippen LogP contribution in [0.25, 0.3) is 17.1 Å². The van der Waals surface area contributed by atoms with Gasteiger partial charge in [0.1, 0.15) is 5.82 Å². The first-order valence-corrected chi connectivity index (χ1v) is 10.6. The van der Waals surface area contributed by atoms with Gasteiger partial charge in [0.05, 0.1) is 23.6 Å². The van der Waals surface area contributed by atoms with Crippen molar-refractivity contribution in [3.8, 4) is 17.1 Å². The molecule has 0 N–H and O–H groups in total. The highest BCUT2D eigenvalue weighted by molar-refractivity contribution is 5.57. The third-order valence-corrected chi connectivity index (χ3v) is 5.82. The standard InChI is InChI=1S/C24H25N7/c1-19(22-18-31(28-27-22)21-10-6-3-7-11-21)29-14-16-30(17-15-29)23-12-13-25-24(26-23)20-8-4-2-5-9-20/h2-13,18-19H,14-17H2,1H3. The van der Waals surface area contributed by atoms with Crippen LogP contribution in [0.15, 0.2) is 79.1 Å². The van der Waals surface area contributed by atoms with Crippen LogP contribution in [0, 0.1) is 0 Å². The van der Waals surface area contributed by atoms with Gasteiger partial charge in [0.25, 0.3) is 0 Å². The average molecular weight is 412 g/mol. The summed E-state index contributed by atoms with van der Waals surface area (Å²) in [6.07, 6.45) is 3.88. The summed E-state index contributed by atoms with van der Waals surface area (Å²) in [7, 11) is 0. The highest BCUT2D eigenvalue weighted by Crippen LogP contribution is 2.23. The molecule has 1 saturated heterocycles. The van der Waals surface area contributed by atoms with E-state index in [1.165, 1.54) is 0 Å². The van der Waals surface area contributed by atoms with Gasteiger partial charge in [-0.3, -0.25) is 4.90 Å². The molecule has 0 radical (unpaired) electrons. The summed E-state index contributed by atoms with van der Waals surface area (Å²) in [5.41, 5.74) is 3.06. The number of anilines is 1. The van der Waals surface area contributed by atoms with Crippen LogP contribution in [0.1, 0.15) is 18.7 Å². The number of hydrogen-bond acceptors (Lipinski definition) is 6. The van der Waals surface area contributed by atoms with Crippen LogP contribution >= 0.6 is 0 Å². The fraction of sp³-hybridized carbons (Fsp3) is 0.250. The van der Waals surface area contributed by atoms with E-state index in [0.717, 1.165) is 54.8 Å². The van der Waals surface area contributed by atoms with Gasteiger partial charge in [0.2, 0.25) is 0 Å². The maximum atomic E-state index is 4.80. The maximum absolute atomic E-state index is 4.80. The number of piperazine rings is 1. The summed E-state index contributed by atoms with van der Waals surface area (Å²) in [5.74, 6) is 1.75. The lowest BCUT2D eigenvalue weighted by molar-refractivity contribution is 0.195. The minimum Gasteiger partial charge on any atom is -0.354 e. The summed E-state index contributed by atoms with van der Waals surface area (Å²) < 4.78 is 1.84. The zero-order chi connectivity index (χ0) is 21.0. The van der Waals surface area contributed by atoms with E-state index in [0.29, 0.717) is 0 Å². The van der Waals surface area contributed by atoms with Crippen molar-refractivity contribution < 1.29 is 0 Å². The molecule has 5 rings (SSSR count). The molecule has 31 heavy (non-hydrogen) atoms. The number of nitrogens with zero attached hydrogens (tertiary/aromatic N) is 7. The molecule has 0 aliphatic carbocycles. The summed E-state index contributed by atoms with van der Waals surface area (Å²) in [6, 6.07) is 22.4. The molecule has 7 heteroatoms. The smallest absolute Gasteiger partial charge is 0.161 e. The monoisotopic (exact) mass is 411 g/mol. The molecule has 1 aliphatic rings. The molecular formula is C24H25N7. The molecule has 4 aromatic rings. The number of rotatable bonds is 5. The topological polar surface area (TPSA) is 63.0 Å². The SMILES string of the molecule is CC(c1cn(-c2ccccc2)nn1)N1CCN(c2ccnc(-c3ccccc3)n2)CC1. The van der Waals surface area contributed by atoms with Gasteiger partial charge in [-0.05, 0) is 25.1 Å². The summed E-state index contributed by atoms with van der Waals surface area (Å²) in [4.78, 5) is 14.0. The van der Waals surface area contributed by atoms with Crippen LogP contribution < -0.4 is 4.90 Å². The molecule has 0 saturated carbocycles. The first kappa shape index (κ1) is 19.4. The van der Waals surface area contributed by atoms with Crippen molar-refractivity contribution in [1.29, 1.82) is 0 Å². The minimum absolute atomic E-state index is 0.213. The first-order valence-electron chi connectivity index (χ1n) is 10.6. The van der Waals surface area contributed by atoms with E-state index in [1.54, 1.807) is 0 Å². The number of aromatic nitrogens is 5. The van der Waals surface area contributed by atoms with Gasteiger partial charge in [0.15, 0.2) is 5.82 Å². The fourth-order valence-electron chi connectivity index (χ4n) is 3.95. The highest BCUT2D eigenvalue weighted by Gasteiger charge is 2.25. The second kappa shape index (κ2) is 8.65. The average Bonchev–Trinajstić information content (AvgIpc) is 3.35. The molecule has 1 aliphatic heterocycles. The van der Waals surface area contributed by atoms with Gasteiger partial charge >= 0.3 is 0 Å². The Morgan fingerprint density at radius 2 is 1.55 bits per heavy atom. The van der Waals surface area contributed by atoms with Crippen LogP contribution in [0.3, 0.4) is 0 Å². The van der Waals surface area contributed by atoms with Crippen LogP contribution in [0.5, 0.6) is 0 Å². The lowest BCUT2D eigenvalue weighted by Gasteiger charge is -2.38. The number of hydrogen-bond donors (Lipinski definition) is 0. The molecule has 2 aromatic carbocycles. The Balaban J connectivity index is 1.24. The lowest BCUT2D eigenvalue weighted by atomic mass is 10.2. The molecule has 156 valence electrons. The molecule has 7 nitrogen and oxygen atoms in total. The largest absolute Gasteiger partial charge is 0.354 e. The third kappa shape index (κ3) is 4.18. The third-order valence-electron chi connectivity index (χ3n) is 5.82. The van der Waals surface area contributed by atoms with Gasteiger partial charge in [-0.15, -0.1) is 5.10 Å². The van der Waals surface area contributed by atoms with Crippen LogP contribution in [0.4, 0.5) is 5.82 Å². The molecule has 1 unspecified atom stereocenters. The second-order valence-electron chi connectivity index (χ2n) is 7.73.